The van der Waals surface area contributed by atoms with Crippen molar-refractivity contribution in [2.24, 2.45) is 5.73 Å². The minimum Gasteiger partial charge on any atom is -0.468 e. The van der Waals surface area contributed by atoms with E-state index in [-0.39, 0.29) is 5.97 Å². The van der Waals surface area contributed by atoms with Crippen LogP contribution < -0.4 is 10.6 Å². The molecule has 1 aliphatic heterocycles. The van der Waals surface area contributed by atoms with Gasteiger partial charge in [0.25, 0.3) is 0 Å². The van der Waals surface area contributed by atoms with E-state index in [0.29, 0.717) is 6.42 Å². The highest BCUT2D eigenvalue weighted by Gasteiger charge is 2.17. The number of ether oxygens (including phenoxy) is 1. The quantitative estimate of drug-likeness (QED) is 0.855. The van der Waals surface area contributed by atoms with Gasteiger partial charge in [-0.1, -0.05) is 22.0 Å². The van der Waals surface area contributed by atoms with E-state index >= 15 is 0 Å². The molecule has 1 aromatic carbocycles. The summed E-state index contributed by atoms with van der Waals surface area (Å²) in [5.41, 5.74) is 8.06. The van der Waals surface area contributed by atoms with Gasteiger partial charge in [0.15, 0.2) is 0 Å². The maximum atomic E-state index is 11.4. The van der Waals surface area contributed by atoms with Gasteiger partial charge in [-0.3, -0.25) is 4.79 Å². The van der Waals surface area contributed by atoms with Gasteiger partial charge in [-0.2, -0.15) is 0 Å². The van der Waals surface area contributed by atoms with E-state index in [4.69, 9.17) is 5.73 Å². The van der Waals surface area contributed by atoms with Crippen molar-refractivity contribution >= 4 is 27.6 Å². The lowest BCUT2D eigenvalue weighted by molar-refractivity contribution is -0.142. The van der Waals surface area contributed by atoms with E-state index in [9.17, 15) is 4.79 Å². The minimum atomic E-state index is -0.614. The highest BCUT2D eigenvalue weighted by Crippen LogP contribution is 2.27. The molecular weight excluding hydrogens is 320 g/mol. The largest absolute Gasteiger partial charge is 0.468 e. The van der Waals surface area contributed by atoms with Crippen molar-refractivity contribution < 1.29 is 9.53 Å². The second-order valence-corrected chi connectivity index (χ2v) is 6.01. The Labute approximate surface area is 128 Å². The van der Waals surface area contributed by atoms with Crippen LogP contribution in [0.15, 0.2) is 22.7 Å². The fraction of sp³-hybridized carbons (Fsp3) is 0.533. The second kappa shape index (κ2) is 7.09. The van der Waals surface area contributed by atoms with Crippen molar-refractivity contribution in [2.75, 3.05) is 25.1 Å². The SMILES string of the molecule is COC(=O)C(N)Cc1ccc(N2CCCCC2)cc1Br. The Hall–Kier alpha value is -1.07. The first-order valence-electron chi connectivity index (χ1n) is 6.98. The van der Waals surface area contributed by atoms with Crippen LogP contribution in [0.3, 0.4) is 0 Å². The third-order valence-corrected chi connectivity index (χ3v) is 4.44. The number of carbonyl (C=O) groups is 1. The summed E-state index contributed by atoms with van der Waals surface area (Å²) in [5.74, 6) is -0.378. The molecule has 1 atom stereocenters. The van der Waals surface area contributed by atoms with Gasteiger partial charge >= 0.3 is 5.97 Å². The van der Waals surface area contributed by atoms with Gasteiger partial charge in [-0.15, -0.1) is 0 Å². The molecule has 0 saturated carbocycles. The Bertz CT molecular complexity index is 473. The number of hydrogen-bond donors (Lipinski definition) is 1. The normalized spacial score (nSPS) is 16.9. The smallest absolute Gasteiger partial charge is 0.322 e. The molecule has 0 aromatic heterocycles. The molecule has 0 amide bonds. The van der Waals surface area contributed by atoms with E-state index in [2.05, 4.69) is 37.7 Å². The topological polar surface area (TPSA) is 55.6 Å². The second-order valence-electron chi connectivity index (χ2n) is 5.16. The molecule has 4 nitrogen and oxygen atoms in total. The molecule has 1 fully saturated rings. The predicted octanol–water partition coefficient (Wildman–Crippen LogP) is 2.48. The number of piperidine rings is 1. The highest BCUT2D eigenvalue weighted by molar-refractivity contribution is 9.10. The Morgan fingerprint density at radius 1 is 1.40 bits per heavy atom. The Morgan fingerprint density at radius 3 is 2.70 bits per heavy atom. The molecule has 2 N–H and O–H groups in total. The van der Waals surface area contributed by atoms with E-state index in [1.54, 1.807) is 0 Å². The number of nitrogens with zero attached hydrogens (tertiary/aromatic N) is 1. The van der Waals surface area contributed by atoms with Crippen molar-refractivity contribution in [2.45, 2.75) is 31.7 Å². The fourth-order valence-electron chi connectivity index (χ4n) is 2.52. The zero-order valence-corrected chi connectivity index (χ0v) is 13.4. The highest BCUT2D eigenvalue weighted by atomic mass is 79.9. The lowest BCUT2D eigenvalue weighted by Crippen LogP contribution is -2.33. The summed E-state index contributed by atoms with van der Waals surface area (Å²) in [7, 11) is 1.36. The first-order chi connectivity index (χ1) is 9.61. The summed E-state index contributed by atoms with van der Waals surface area (Å²) in [6.07, 6.45) is 4.32. The molecule has 0 radical (unpaired) electrons. The number of halogens is 1. The van der Waals surface area contributed by atoms with Crippen molar-refractivity contribution in [3.05, 3.63) is 28.2 Å². The Morgan fingerprint density at radius 2 is 2.10 bits per heavy atom. The average Bonchev–Trinajstić information content (AvgIpc) is 2.49. The van der Waals surface area contributed by atoms with E-state index in [1.807, 2.05) is 6.07 Å². The molecule has 1 aliphatic rings. The number of rotatable bonds is 4. The molecule has 1 aromatic rings. The molecule has 5 heteroatoms. The zero-order valence-electron chi connectivity index (χ0n) is 11.8. The van der Waals surface area contributed by atoms with Gasteiger partial charge in [0, 0.05) is 23.2 Å². The molecule has 1 unspecified atom stereocenters. The van der Waals surface area contributed by atoms with Crippen molar-refractivity contribution in [1.29, 1.82) is 0 Å². The van der Waals surface area contributed by atoms with Crippen molar-refractivity contribution in [1.82, 2.24) is 0 Å². The summed E-state index contributed by atoms with van der Waals surface area (Å²) in [5, 5.41) is 0. The van der Waals surface area contributed by atoms with Crippen LogP contribution >= 0.6 is 15.9 Å². The van der Waals surface area contributed by atoms with Crippen LogP contribution in [0.5, 0.6) is 0 Å². The monoisotopic (exact) mass is 340 g/mol. The summed E-state index contributed by atoms with van der Waals surface area (Å²) >= 11 is 3.58. The summed E-state index contributed by atoms with van der Waals surface area (Å²) < 4.78 is 5.66. The van der Waals surface area contributed by atoms with Gasteiger partial charge in [0.1, 0.15) is 6.04 Å². The van der Waals surface area contributed by atoms with E-state index in [1.165, 1.54) is 32.1 Å². The zero-order chi connectivity index (χ0) is 14.5. The van der Waals surface area contributed by atoms with Gasteiger partial charge in [-0.25, -0.2) is 0 Å². The van der Waals surface area contributed by atoms with Crippen LogP contribution in [0.2, 0.25) is 0 Å². The van der Waals surface area contributed by atoms with Crippen LogP contribution in [-0.2, 0) is 16.0 Å². The third kappa shape index (κ3) is 3.73. The van der Waals surface area contributed by atoms with Crippen LogP contribution in [0.1, 0.15) is 24.8 Å². The minimum absolute atomic E-state index is 0.378. The number of carbonyl (C=O) groups excluding carboxylic acids is 1. The molecule has 0 aliphatic carbocycles. The van der Waals surface area contributed by atoms with Gasteiger partial charge < -0.3 is 15.4 Å². The van der Waals surface area contributed by atoms with E-state index < -0.39 is 6.04 Å². The molecule has 0 spiro atoms. The average molecular weight is 341 g/mol. The number of anilines is 1. The van der Waals surface area contributed by atoms with Crippen LogP contribution in [0.4, 0.5) is 5.69 Å². The van der Waals surface area contributed by atoms with Crippen LogP contribution in [0, 0.1) is 0 Å². The molecular formula is C15H21BrN2O2. The molecule has 1 saturated heterocycles. The van der Waals surface area contributed by atoms with Crippen molar-refractivity contribution in [3.63, 3.8) is 0 Å². The van der Waals surface area contributed by atoms with Gasteiger partial charge in [0.05, 0.1) is 7.11 Å². The summed E-state index contributed by atoms with van der Waals surface area (Å²) in [6.45, 7) is 2.24. The standard InChI is InChI=1S/C15H21BrN2O2/c1-20-15(19)14(17)9-11-5-6-12(10-13(11)16)18-7-3-2-4-8-18/h5-6,10,14H,2-4,7-9,17H2,1H3. The first kappa shape index (κ1) is 15.3. The van der Waals surface area contributed by atoms with Crippen LogP contribution in [-0.4, -0.2) is 32.2 Å². The number of methoxy groups -OCH3 is 1. The van der Waals surface area contributed by atoms with Crippen molar-refractivity contribution in [3.8, 4) is 0 Å². The number of nitrogens with two attached hydrogens (primary N) is 1. The molecule has 0 bridgehead atoms. The maximum absolute atomic E-state index is 11.4. The summed E-state index contributed by atoms with van der Waals surface area (Å²) in [4.78, 5) is 13.8. The molecule has 20 heavy (non-hydrogen) atoms. The first-order valence-corrected chi connectivity index (χ1v) is 7.78. The number of hydrogen-bond acceptors (Lipinski definition) is 4. The third-order valence-electron chi connectivity index (χ3n) is 3.70. The Balaban J connectivity index is 2.07. The van der Waals surface area contributed by atoms with Gasteiger partial charge in [-0.05, 0) is 43.4 Å². The Kier molecular flexibility index (Phi) is 5.43. The number of esters is 1. The fourth-order valence-corrected chi connectivity index (χ4v) is 3.05. The lowest BCUT2D eigenvalue weighted by Gasteiger charge is -2.29. The maximum Gasteiger partial charge on any atom is 0.322 e. The van der Waals surface area contributed by atoms with Crippen LogP contribution in [0.25, 0.3) is 0 Å². The molecule has 110 valence electrons. The molecule has 2 rings (SSSR count). The molecule has 1 heterocycles. The number of benzene rings is 1. The lowest BCUT2D eigenvalue weighted by atomic mass is 10.0. The summed E-state index contributed by atoms with van der Waals surface area (Å²) in [6, 6.07) is 5.65. The predicted molar refractivity (Wildman–Crippen MR) is 83.9 cm³/mol. The van der Waals surface area contributed by atoms with E-state index in [0.717, 1.165) is 23.1 Å². The van der Waals surface area contributed by atoms with Gasteiger partial charge in [0.2, 0.25) is 0 Å².